The van der Waals surface area contributed by atoms with Gasteiger partial charge in [0.15, 0.2) is 5.84 Å². The highest BCUT2D eigenvalue weighted by Crippen LogP contribution is 2.29. The van der Waals surface area contributed by atoms with Crippen LogP contribution in [-0.4, -0.2) is 27.0 Å². The Kier molecular flexibility index (Phi) is 5.08. The molecule has 140 valence electrons. The maximum absolute atomic E-state index is 12.4. The van der Waals surface area contributed by atoms with Gasteiger partial charge in [-0.3, -0.25) is 10.2 Å². The topological polar surface area (TPSA) is 78.1 Å². The molecule has 0 saturated heterocycles. The first-order valence-electron chi connectivity index (χ1n) is 8.90. The molecule has 0 fully saturated rings. The second-order valence-electron chi connectivity index (χ2n) is 6.21. The van der Waals surface area contributed by atoms with Gasteiger partial charge in [0.05, 0.1) is 5.57 Å². The summed E-state index contributed by atoms with van der Waals surface area (Å²) >= 11 is 1.34. The number of fused-ring (bicyclic) bond motifs is 1. The first-order valence-corrected chi connectivity index (χ1v) is 9.71. The SMILES string of the molecule is CCC1=NN2C(=N)/C(=C/c3ccc(OCc4ccccc4)cc3)C(=O)N=C2S1. The van der Waals surface area contributed by atoms with Gasteiger partial charge >= 0.3 is 0 Å². The molecule has 0 spiro atoms. The van der Waals surface area contributed by atoms with Gasteiger partial charge in [0.25, 0.3) is 5.91 Å². The van der Waals surface area contributed by atoms with Crippen molar-refractivity contribution < 1.29 is 9.53 Å². The number of nitrogens with one attached hydrogen (secondary N) is 1. The van der Waals surface area contributed by atoms with E-state index in [-0.39, 0.29) is 11.4 Å². The maximum atomic E-state index is 12.4. The molecule has 1 amide bonds. The van der Waals surface area contributed by atoms with Crippen LogP contribution in [0.1, 0.15) is 24.5 Å². The number of carbonyl (C=O) groups is 1. The van der Waals surface area contributed by atoms with Gasteiger partial charge in [0.2, 0.25) is 5.17 Å². The van der Waals surface area contributed by atoms with E-state index in [0.29, 0.717) is 11.8 Å². The summed E-state index contributed by atoms with van der Waals surface area (Å²) in [4.78, 5) is 16.4. The Morgan fingerprint density at radius 1 is 1.14 bits per heavy atom. The molecule has 0 saturated carbocycles. The van der Waals surface area contributed by atoms with Crippen molar-refractivity contribution in [1.29, 1.82) is 5.41 Å². The van der Waals surface area contributed by atoms with Crippen molar-refractivity contribution in [2.75, 3.05) is 0 Å². The van der Waals surface area contributed by atoms with Crippen LogP contribution >= 0.6 is 11.8 Å². The lowest BCUT2D eigenvalue weighted by Crippen LogP contribution is -2.35. The molecule has 4 rings (SSSR count). The van der Waals surface area contributed by atoms with E-state index in [1.54, 1.807) is 6.08 Å². The van der Waals surface area contributed by atoms with Crippen molar-refractivity contribution in [3.05, 3.63) is 71.3 Å². The van der Waals surface area contributed by atoms with E-state index in [1.165, 1.54) is 16.8 Å². The summed E-state index contributed by atoms with van der Waals surface area (Å²) in [6.45, 7) is 2.47. The molecule has 0 bridgehead atoms. The lowest BCUT2D eigenvalue weighted by atomic mass is 10.1. The number of hydrogen-bond donors (Lipinski definition) is 1. The Labute approximate surface area is 167 Å². The third-order valence-corrected chi connectivity index (χ3v) is 5.29. The molecule has 0 radical (unpaired) electrons. The molecule has 28 heavy (non-hydrogen) atoms. The molecule has 2 aliphatic heterocycles. The van der Waals surface area contributed by atoms with Crippen LogP contribution in [0.25, 0.3) is 6.08 Å². The van der Waals surface area contributed by atoms with E-state index in [0.717, 1.165) is 28.3 Å². The lowest BCUT2D eigenvalue weighted by molar-refractivity contribution is -0.114. The molecule has 1 N–H and O–H groups in total. The average molecular weight is 390 g/mol. The molecule has 0 aliphatic carbocycles. The van der Waals surface area contributed by atoms with Crippen molar-refractivity contribution in [1.82, 2.24) is 5.01 Å². The summed E-state index contributed by atoms with van der Waals surface area (Å²) < 4.78 is 5.78. The van der Waals surface area contributed by atoms with Crippen LogP contribution in [0.2, 0.25) is 0 Å². The highest BCUT2D eigenvalue weighted by atomic mass is 32.2. The van der Waals surface area contributed by atoms with Gasteiger partial charge in [-0.05, 0) is 47.5 Å². The van der Waals surface area contributed by atoms with E-state index in [1.807, 2.05) is 61.5 Å². The summed E-state index contributed by atoms with van der Waals surface area (Å²) in [7, 11) is 0. The highest BCUT2D eigenvalue weighted by molar-refractivity contribution is 8.26. The number of amidine groups is 2. The van der Waals surface area contributed by atoms with Gasteiger partial charge in [-0.25, -0.2) is 0 Å². The number of hydrogen-bond acceptors (Lipinski definition) is 5. The highest BCUT2D eigenvalue weighted by Gasteiger charge is 2.34. The van der Waals surface area contributed by atoms with Crippen LogP contribution in [0.5, 0.6) is 5.75 Å². The van der Waals surface area contributed by atoms with Crippen molar-refractivity contribution >= 4 is 39.8 Å². The van der Waals surface area contributed by atoms with E-state index < -0.39 is 5.91 Å². The summed E-state index contributed by atoms with van der Waals surface area (Å²) in [5, 5.41) is 15.4. The summed E-state index contributed by atoms with van der Waals surface area (Å²) in [6, 6.07) is 17.3. The molecule has 2 heterocycles. The molecule has 6 nitrogen and oxygen atoms in total. The molecule has 0 unspecified atom stereocenters. The van der Waals surface area contributed by atoms with Gasteiger partial charge in [0, 0.05) is 0 Å². The minimum atomic E-state index is -0.416. The van der Waals surface area contributed by atoms with Gasteiger partial charge in [-0.1, -0.05) is 49.4 Å². The van der Waals surface area contributed by atoms with Crippen molar-refractivity contribution in [2.45, 2.75) is 20.0 Å². The monoisotopic (exact) mass is 390 g/mol. The van der Waals surface area contributed by atoms with Crippen LogP contribution in [0.15, 0.2) is 70.3 Å². The smallest absolute Gasteiger partial charge is 0.283 e. The summed E-state index contributed by atoms with van der Waals surface area (Å²) in [5.41, 5.74) is 2.12. The molecule has 0 aromatic heterocycles. The van der Waals surface area contributed by atoms with Gasteiger partial charge in [-0.15, -0.1) is 0 Å². The predicted molar refractivity (Wildman–Crippen MR) is 113 cm³/mol. The second kappa shape index (κ2) is 7.82. The number of amides is 1. The summed E-state index contributed by atoms with van der Waals surface area (Å²) in [5.74, 6) is 0.376. The Morgan fingerprint density at radius 3 is 2.61 bits per heavy atom. The van der Waals surface area contributed by atoms with E-state index in [9.17, 15) is 4.79 Å². The molecule has 0 atom stereocenters. The van der Waals surface area contributed by atoms with E-state index in [4.69, 9.17) is 10.1 Å². The molecular weight excluding hydrogens is 372 g/mol. The summed E-state index contributed by atoms with van der Waals surface area (Å²) in [6.07, 6.45) is 2.40. The van der Waals surface area contributed by atoms with Crippen LogP contribution in [-0.2, 0) is 11.4 Å². The number of rotatable bonds is 5. The molecule has 2 aromatic rings. The fourth-order valence-corrected chi connectivity index (χ4v) is 3.57. The zero-order valence-corrected chi connectivity index (χ0v) is 16.1. The fraction of sp³-hybridized carbons (Fsp3) is 0.143. The Morgan fingerprint density at radius 2 is 1.89 bits per heavy atom. The Hall–Kier alpha value is -3.19. The first kappa shape index (κ1) is 18.2. The van der Waals surface area contributed by atoms with Crippen LogP contribution < -0.4 is 4.74 Å². The molecule has 2 aromatic carbocycles. The third-order valence-electron chi connectivity index (χ3n) is 4.24. The van der Waals surface area contributed by atoms with E-state index >= 15 is 0 Å². The maximum Gasteiger partial charge on any atom is 0.283 e. The standard InChI is InChI=1S/C21H18N4O2S/c1-2-18-24-25-19(22)17(20(26)23-21(25)28-18)12-14-8-10-16(11-9-14)27-13-15-6-4-3-5-7-15/h3-12,22H,2,13H2,1H3/b17-12-,22-19?. The first-order chi connectivity index (χ1) is 13.6. The Balaban J connectivity index is 1.49. The minimum absolute atomic E-state index is 0.0513. The number of benzene rings is 2. The third kappa shape index (κ3) is 3.75. The second-order valence-corrected chi connectivity index (χ2v) is 7.25. The molecular formula is C21H18N4O2S. The van der Waals surface area contributed by atoms with Crippen LogP contribution in [0, 0.1) is 5.41 Å². The van der Waals surface area contributed by atoms with Gasteiger partial charge in [0.1, 0.15) is 17.4 Å². The number of ether oxygens (including phenoxy) is 1. The number of carbonyl (C=O) groups excluding carboxylic acids is 1. The Bertz CT molecular complexity index is 1010. The van der Waals surface area contributed by atoms with Crippen LogP contribution in [0.4, 0.5) is 0 Å². The van der Waals surface area contributed by atoms with Gasteiger partial charge < -0.3 is 4.74 Å². The van der Waals surface area contributed by atoms with E-state index in [2.05, 4.69) is 10.1 Å². The van der Waals surface area contributed by atoms with Gasteiger partial charge in [-0.2, -0.15) is 15.1 Å². The van der Waals surface area contributed by atoms with Crippen molar-refractivity contribution in [2.24, 2.45) is 10.1 Å². The number of nitrogens with zero attached hydrogens (tertiary/aromatic N) is 3. The lowest BCUT2D eigenvalue weighted by Gasteiger charge is -2.20. The zero-order chi connectivity index (χ0) is 19.5. The normalized spacial score (nSPS) is 17.5. The quantitative estimate of drug-likeness (QED) is 0.773. The van der Waals surface area contributed by atoms with Crippen molar-refractivity contribution in [3.63, 3.8) is 0 Å². The average Bonchev–Trinajstić information content (AvgIpc) is 3.14. The minimum Gasteiger partial charge on any atom is -0.489 e. The zero-order valence-electron chi connectivity index (χ0n) is 15.3. The largest absolute Gasteiger partial charge is 0.489 e. The van der Waals surface area contributed by atoms with Crippen molar-refractivity contribution in [3.8, 4) is 5.75 Å². The van der Waals surface area contributed by atoms with Crippen LogP contribution in [0.3, 0.4) is 0 Å². The molecule has 7 heteroatoms. The number of hydrazone groups is 1. The number of thioether (sulfide) groups is 1. The molecule has 2 aliphatic rings. The predicted octanol–water partition coefficient (Wildman–Crippen LogP) is 4.29. The fourth-order valence-electron chi connectivity index (χ4n) is 2.74. The number of aliphatic imine (C=N–C) groups is 1.